The van der Waals surface area contributed by atoms with Crippen LogP contribution in [-0.4, -0.2) is 49.4 Å². The van der Waals surface area contributed by atoms with E-state index >= 15 is 0 Å². The van der Waals surface area contributed by atoms with E-state index in [0.29, 0.717) is 29.0 Å². The third kappa shape index (κ3) is 5.37. The van der Waals surface area contributed by atoms with Gasteiger partial charge in [0.1, 0.15) is 0 Å². The van der Waals surface area contributed by atoms with E-state index in [-0.39, 0.29) is 30.6 Å². The summed E-state index contributed by atoms with van der Waals surface area (Å²) < 4.78 is 6.02. The number of carbonyl (C=O) groups excluding carboxylic acids is 2. The van der Waals surface area contributed by atoms with Gasteiger partial charge < -0.3 is 10.1 Å². The van der Waals surface area contributed by atoms with Crippen LogP contribution in [0.15, 0.2) is 29.6 Å². The van der Waals surface area contributed by atoms with Gasteiger partial charge in [-0.1, -0.05) is 17.7 Å². The van der Waals surface area contributed by atoms with Gasteiger partial charge in [-0.15, -0.1) is 22.7 Å². The van der Waals surface area contributed by atoms with Crippen LogP contribution in [0, 0.1) is 0 Å². The molecule has 2 aromatic rings. The molecule has 140 valence electrons. The molecule has 1 amide bonds. The van der Waals surface area contributed by atoms with Crippen LogP contribution in [0.25, 0.3) is 0 Å². The van der Waals surface area contributed by atoms with E-state index in [9.17, 15) is 9.59 Å². The van der Waals surface area contributed by atoms with Gasteiger partial charge in [-0.25, -0.2) is 0 Å². The van der Waals surface area contributed by atoms with Crippen molar-refractivity contribution < 1.29 is 14.3 Å². The molecule has 5 nitrogen and oxygen atoms in total. The Balaban J connectivity index is 1.50. The van der Waals surface area contributed by atoms with Crippen LogP contribution in [0.4, 0.5) is 0 Å². The van der Waals surface area contributed by atoms with Crippen LogP contribution in [0.3, 0.4) is 0 Å². The second-order valence-corrected chi connectivity index (χ2v) is 8.70. The zero-order valence-corrected chi connectivity index (χ0v) is 16.7. The van der Waals surface area contributed by atoms with Crippen LogP contribution in [0.2, 0.25) is 4.34 Å². The van der Waals surface area contributed by atoms with Gasteiger partial charge in [0.05, 0.1) is 28.5 Å². The van der Waals surface area contributed by atoms with Gasteiger partial charge in [0.25, 0.3) is 0 Å². The van der Waals surface area contributed by atoms with Crippen LogP contribution in [0.5, 0.6) is 0 Å². The number of hydrogen-bond acceptors (Lipinski definition) is 6. The van der Waals surface area contributed by atoms with E-state index in [2.05, 4.69) is 21.7 Å². The average Bonchev–Trinajstić information content (AvgIpc) is 3.33. The normalized spacial score (nSPS) is 16.3. The molecule has 0 aliphatic carbocycles. The van der Waals surface area contributed by atoms with Gasteiger partial charge in [0.2, 0.25) is 5.91 Å². The van der Waals surface area contributed by atoms with Gasteiger partial charge in [0.15, 0.2) is 5.78 Å². The van der Waals surface area contributed by atoms with Gasteiger partial charge in [0, 0.05) is 37.4 Å². The Labute approximate surface area is 165 Å². The Hall–Kier alpha value is -1.25. The van der Waals surface area contributed by atoms with Crippen molar-refractivity contribution in [1.29, 1.82) is 0 Å². The first-order valence-corrected chi connectivity index (χ1v) is 10.6. The Morgan fingerprint density at radius 3 is 2.69 bits per heavy atom. The molecular formula is C18H21ClN2O3S2. The number of rotatable bonds is 8. The molecule has 1 aliphatic heterocycles. The number of nitrogens with one attached hydrogen (secondary N) is 1. The van der Waals surface area contributed by atoms with Gasteiger partial charge in [-0.3, -0.25) is 14.5 Å². The molecule has 26 heavy (non-hydrogen) atoms. The largest absolute Gasteiger partial charge is 0.379 e. The number of carbonyl (C=O) groups is 2. The molecule has 1 saturated heterocycles. The van der Waals surface area contributed by atoms with Crippen molar-refractivity contribution >= 4 is 46.0 Å². The minimum absolute atomic E-state index is 0.0416. The van der Waals surface area contributed by atoms with E-state index in [1.54, 1.807) is 23.5 Å². The minimum atomic E-state index is -0.101. The summed E-state index contributed by atoms with van der Waals surface area (Å²) >= 11 is 8.79. The van der Waals surface area contributed by atoms with Crippen LogP contribution in [-0.2, 0) is 9.53 Å². The van der Waals surface area contributed by atoms with E-state index in [1.807, 2.05) is 6.07 Å². The van der Waals surface area contributed by atoms with Crippen molar-refractivity contribution in [3.05, 3.63) is 43.7 Å². The van der Waals surface area contributed by atoms with E-state index in [0.717, 1.165) is 13.1 Å². The molecule has 3 rings (SSSR count). The van der Waals surface area contributed by atoms with Gasteiger partial charge in [-0.05, 0) is 23.6 Å². The summed E-state index contributed by atoms with van der Waals surface area (Å²) in [6.07, 6.45) is 0.387. The molecule has 2 aromatic heterocycles. The molecule has 0 saturated carbocycles. The number of ether oxygens (including phenoxy) is 1. The molecule has 3 heterocycles. The summed E-state index contributed by atoms with van der Waals surface area (Å²) in [5.74, 6) is -0.143. The smallest absolute Gasteiger partial charge is 0.220 e. The SMILES string of the molecule is O=C(CCC(=O)c1ccc(Cl)s1)NC[C@H](c1cccs1)N1CCOCC1. The molecule has 1 atom stereocenters. The fourth-order valence-electron chi connectivity index (χ4n) is 2.89. The number of thiophene rings is 2. The summed E-state index contributed by atoms with van der Waals surface area (Å²) in [6, 6.07) is 7.68. The maximum atomic E-state index is 12.2. The molecule has 1 aliphatic rings. The predicted molar refractivity (Wildman–Crippen MR) is 105 cm³/mol. The second-order valence-electron chi connectivity index (χ2n) is 6.01. The highest BCUT2D eigenvalue weighted by atomic mass is 35.5. The highest BCUT2D eigenvalue weighted by molar-refractivity contribution is 7.18. The monoisotopic (exact) mass is 412 g/mol. The minimum Gasteiger partial charge on any atom is -0.379 e. The van der Waals surface area contributed by atoms with E-state index in [4.69, 9.17) is 16.3 Å². The van der Waals surface area contributed by atoms with Crippen molar-refractivity contribution in [2.24, 2.45) is 0 Å². The van der Waals surface area contributed by atoms with Crippen molar-refractivity contribution in [2.45, 2.75) is 18.9 Å². The molecule has 0 bridgehead atoms. The van der Waals surface area contributed by atoms with Crippen LogP contribution >= 0.6 is 34.3 Å². The second kappa shape index (κ2) is 9.62. The first-order chi connectivity index (χ1) is 12.6. The molecule has 1 N–H and O–H groups in total. The first kappa shape index (κ1) is 19.5. The average molecular weight is 413 g/mol. The quantitative estimate of drug-likeness (QED) is 0.673. The molecule has 1 fully saturated rings. The molecule has 0 spiro atoms. The summed E-state index contributed by atoms with van der Waals surface area (Å²) in [5, 5.41) is 5.04. The lowest BCUT2D eigenvalue weighted by molar-refractivity contribution is -0.121. The third-order valence-electron chi connectivity index (χ3n) is 4.28. The Morgan fingerprint density at radius 1 is 1.23 bits per heavy atom. The number of hydrogen-bond donors (Lipinski definition) is 1. The lowest BCUT2D eigenvalue weighted by Crippen LogP contribution is -2.43. The number of halogens is 1. The maximum Gasteiger partial charge on any atom is 0.220 e. The fourth-order valence-corrected chi connectivity index (χ4v) is 4.76. The Bertz CT molecular complexity index is 727. The van der Waals surface area contributed by atoms with Crippen LogP contribution < -0.4 is 5.32 Å². The summed E-state index contributed by atoms with van der Waals surface area (Å²) in [7, 11) is 0. The van der Waals surface area contributed by atoms with Crippen molar-refractivity contribution in [1.82, 2.24) is 10.2 Å². The molecule has 0 unspecified atom stereocenters. The zero-order valence-electron chi connectivity index (χ0n) is 14.3. The van der Waals surface area contributed by atoms with Crippen molar-refractivity contribution in [2.75, 3.05) is 32.8 Å². The molecular weight excluding hydrogens is 392 g/mol. The van der Waals surface area contributed by atoms with Crippen molar-refractivity contribution in [3.8, 4) is 0 Å². The van der Waals surface area contributed by atoms with E-state index < -0.39 is 0 Å². The van der Waals surface area contributed by atoms with Crippen LogP contribution in [0.1, 0.15) is 33.4 Å². The third-order valence-corrected chi connectivity index (χ3v) is 6.52. The van der Waals surface area contributed by atoms with Gasteiger partial charge >= 0.3 is 0 Å². The number of Topliss-reactive ketones (excluding diaryl/α,β-unsaturated/α-hetero) is 1. The molecule has 0 radical (unpaired) electrons. The molecule has 0 aromatic carbocycles. The molecule has 8 heteroatoms. The number of nitrogens with zero attached hydrogens (tertiary/aromatic N) is 1. The highest BCUT2D eigenvalue weighted by Gasteiger charge is 2.24. The van der Waals surface area contributed by atoms with Gasteiger partial charge in [-0.2, -0.15) is 0 Å². The number of morpholine rings is 1. The summed E-state index contributed by atoms with van der Waals surface area (Å²) in [6.45, 7) is 3.69. The Morgan fingerprint density at radius 2 is 2.04 bits per heavy atom. The topological polar surface area (TPSA) is 58.6 Å². The highest BCUT2D eigenvalue weighted by Crippen LogP contribution is 2.26. The first-order valence-electron chi connectivity index (χ1n) is 8.54. The fraction of sp³-hybridized carbons (Fsp3) is 0.444. The summed E-state index contributed by atoms with van der Waals surface area (Å²) in [5.41, 5.74) is 0. The predicted octanol–water partition coefficient (Wildman–Crippen LogP) is 3.62. The number of ketones is 1. The zero-order chi connectivity index (χ0) is 18.4. The lowest BCUT2D eigenvalue weighted by atomic mass is 10.1. The number of amides is 1. The lowest BCUT2D eigenvalue weighted by Gasteiger charge is -2.34. The standard InChI is InChI=1S/C18H21ClN2O3S2/c19-17-5-4-16(26-17)14(22)3-6-18(23)20-12-13(15-2-1-11-25-15)21-7-9-24-10-8-21/h1-2,4-5,11,13H,3,6-10,12H2,(H,20,23)/t13-/m1/s1. The maximum absolute atomic E-state index is 12.2. The summed E-state index contributed by atoms with van der Waals surface area (Å²) in [4.78, 5) is 28.5. The van der Waals surface area contributed by atoms with E-state index in [1.165, 1.54) is 16.2 Å². The van der Waals surface area contributed by atoms with Crippen molar-refractivity contribution in [3.63, 3.8) is 0 Å². The Kier molecular flexibility index (Phi) is 7.22.